The third kappa shape index (κ3) is 2.38. The Kier molecular flexibility index (Phi) is 3.75. The number of rotatable bonds is 3. The molecule has 1 aromatic rings. The van der Waals surface area contributed by atoms with Crippen LogP contribution in [0.4, 0.5) is 0 Å². The number of halogens is 1. The van der Waals surface area contributed by atoms with Gasteiger partial charge < -0.3 is 15.6 Å². The molecule has 0 unspecified atom stereocenters. The van der Waals surface area contributed by atoms with Gasteiger partial charge in [-0.05, 0) is 30.7 Å². The van der Waals surface area contributed by atoms with E-state index >= 15 is 0 Å². The number of aliphatic hydroxyl groups is 1. The molecule has 0 aromatic heterocycles. The summed E-state index contributed by atoms with van der Waals surface area (Å²) in [6.45, 7) is 1.63. The van der Waals surface area contributed by atoms with Crippen LogP contribution in [0.15, 0.2) is 18.2 Å². The zero-order valence-electron chi connectivity index (χ0n) is 8.20. The van der Waals surface area contributed by atoms with E-state index in [0.29, 0.717) is 16.3 Å². The number of benzene rings is 1. The Hall–Kier alpha value is -0.770. The van der Waals surface area contributed by atoms with Crippen LogP contribution in [0, 0.1) is 0 Å². The lowest BCUT2D eigenvalue weighted by Crippen LogP contribution is -2.23. The van der Waals surface area contributed by atoms with E-state index in [4.69, 9.17) is 22.1 Å². The van der Waals surface area contributed by atoms with Gasteiger partial charge in [0.05, 0.1) is 19.3 Å². The van der Waals surface area contributed by atoms with Gasteiger partial charge in [0.25, 0.3) is 0 Å². The molecule has 3 nitrogen and oxygen atoms in total. The normalized spacial score (nSPS) is 14.9. The Bertz CT molecular complexity index is 315. The Morgan fingerprint density at radius 3 is 2.64 bits per heavy atom. The number of nitrogens with two attached hydrogens (primary N) is 1. The van der Waals surface area contributed by atoms with Gasteiger partial charge in [-0.1, -0.05) is 11.6 Å². The minimum atomic E-state index is -0.639. The van der Waals surface area contributed by atoms with E-state index in [1.54, 1.807) is 32.2 Å². The summed E-state index contributed by atoms with van der Waals surface area (Å²) in [6.07, 6.45) is -0.639. The van der Waals surface area contributed by atoms with E-state index in [1.807, 2.05) is 0 Å². The summed E-state index contributed by atoms with van der Waals surface area (Å²) in [5.41, 5.74) is 6.47. The Morgan fingerprint density at radius 1 is 1.50 bits per heavy atom. The molecular formula is C10H14ClNO2. The molecule has 0 radical (unpaired) electrons. The summed E-state index contributed by atoms with van der Waals surface area (Å²) >= 11 is 5.95. The van der Waals surface area contributed by atoms with Gasteiger partial charge >= 0.3 is 0 Å². The van der Waals surface area contributed by atoms with Crippen molar-refractivity contribution >= 4 is 11.6 Å². The molecule has 0 saturated heterocycles. The van der Waals surface area contributed by atoms with E-state index < -0.39 is 12.1 Å². The lowest BCUT2D eigenvalue weighted by molar-refractivity contribution is 0.164. The second-order valence-electron chi connectivity index (χ2n) is 3.15. The predicted octanol–water partition coefficient (Wildman–Crippen LogP) is 1.73. The zero-order chi connectivity index (χ0) is 10.7. The quantitative estimate of drug-likeness (QED) is 0.808. The van der Waals surface area contributed by atoms with Gasteiger partial charge in [0, 0.05) is 5.02 Å². The molecule has 0 heterocycles. The first-order valence-corrected chi connectivity index (χ1v) is 4.71. The van der Waals surface area contributed by atoms with Crippen LogP contribution in [0.25, 0.3) is 0 Å². The first-order chi connectivity index (χ1) is 6.56. The lowest BCUT2D eigenvalue weighted by atomic mass is 10.0. The molecule has 0 amide bonds. The van der Waals surface area contributed by atoms with Gasteiger partial charge in [-0.3, -0.25) is 0 Å². The summed E-state index contributed by atoms with van der Waals surface area (Å²) in [4.78, 5) is 0. The van der Waals surface area contributed by atoms with Crippen molar-refractivity contribution in [3.63, 3.8) is 0 Å². The van der Waals surface area contributed by atoms with Gasteiger partial charge in [-0.15, -0.1) is 0 Å². The minimum absolute atomic E-state index is 0.488. The monoisotopic (exact) mass is 215 g/mol. The van der Waals surface area contributed by atoms with Gasteiger partial charge in [-0.25, -0.2) is 0 Å². The zero-order valence-corrected chi connectivity index (χ0v) is 8.95. The highest BCUT2D eigenvalue weighted by Gasteiger charge is 2.15. The van der Waals surface area contributed by atoms with Crippen molar-refractivity contribution in [3.05, 3.63) is 28.8 Å². The molecule has 4 heteroatoms. The van der Waals surface area contributed by atoms with Crippen LogP contribution in [0.2, 0.25) is 5.02 Å². The van der Waals surface area contributed by atoms with E-state index in [0.717, 1.165) is 0 Å². The third-order valence-corrected chi connectivity index (χ3v) is 2.43. The number of methoxy groups -OCH3 is 1. The maximum atomic E-state index is 9.34. The van der Waals surface area contributed by atoms with Crippen molar-refractivity contribution in [2.75, 3.05) is 7.11 Å². The van der Waals surface area contributed by atoms with Crippen LogP contribution in [-0.4, -0.2) is 18.3 Å². The fourth-order valence-corrected chi connectivity index (χ4v) is 1.41. The number of aliphatic hydroxyl groups excluding tert-OH is 1. The smallest absolute Gasteiger partial charge is 0.119 e. The molecule has 0 aliphatic rings. The van der Waals surface area contributed by atoms with E-state index in [-0.39, 0.29) is 0 Å². The van der Waals surface area contributed by atoms with Gasteiger partial charge in [0.1, 0.15) is 5.75 Å². The molecule has 0 aliphatic heterocycles. The predicted molar refractivity (Wildman–Crippen MR) is 56.6 cm³/mol. The maximum Gasteiger partial charge on any atom is 0.119 e. The molecule has 0 spiro atoms. The van der Waals surface area contributed by atoms with Crippen LogP contribution in [0.1, 0.15) is 18.5 Å². The molecule has 0 fully saturated rings. The highest BCUT2D eigenvalue weighted by Crippen LogP contribution is 2.27. The third-order valence-electron chi connectivity index (χ3n) is 2.08. The fraction of sp³-hybridized carbons (Fsp3) is 0.400. The van der Waals surface area contributed by atoms with Gasteiger partial charge in [0.15, 0.2) is 0 Å². The lowest BCUT2D eigenvalue weighted by Gasteiger charge is -2.17. The molecule has 0 aliphatic carbocycles. The van der Waals surface area contributed by atoms with Crippen molar-refractivity contribution in [2.24, 2.45) is 5.73 Å². The summed E-state index contributed by atoms with van der Waals surface area (Å²) in [5.74, 6) is 0.681. The minimum Gasteiger partial charge on any atom is -0.497 e. The van der Waals surface area contributed by atoms with Crippen LogP contribution < -0.4 is 10.5 Å². The molecule has 1 aromatic carbocycles. The molecule has 78 valence electrons. The van der Waals surface area contributed by atoms with Crippen molar-refractivity contribution in [1.29, 1.82) is 0 Å². The molecule has 0 saturated carbocycles. The SMILES string of the molecule is COc1ccc(Cl)c([C@H](N)[C@H](C)O)c1. The van der Waals surface area contributed by atoms with Crippen molar-refractivity contribution in [2.45, 2.75) is 19.1 Å². The van der Waals surface area contributed by atoms with Crippen molar-refractivity contribution in [1.82, 2.24) is 0 Å². The van der Waals surface area contributed by atoms with Crippen LogP contribution >= 0.6 is 11.6 Å². The highest BCUT2D eigenvalue weighted by atomic mass is 35.5. The number of hydrogen-bond donors (Lipinski definition) is 2. The van der Waals surface area contributed by atoms with Crippen LogP contribution in [-0.2, 0) is 0 Å². The Labute approximate surface area is 88.4 Å². The first kappa shape index (κ1) is 11.3. The average Bonchev–Trinajstić information content (AvgIpc) is 2.17. The van der Waals surface area contributed by atoms with Crippen molar-refractivity contribution < 1.29 is 9.84 Å². The van der Waals surface area contributed by atoms with E-state index in [9.17, 15) is 5.11 Å². The average molecular weight is 216 g/mol. The van der Waals surface area contributed by atoms with Gasteiger partial charge in [0.2, 0.25) is 0 Å². The second kappa shape index (κ2) is 4.64. The summed E-state index contributed by atoms with van der Waals surface area (Å²) in [7, 11) is 1.57. The topological polar surface area (TPSA) is 55.5 Å². The van der Waals surface area contributed by atoms with Gasteiger partial charge in [-0.2, -0.15) is 0 Å². The summed E-state index contributed by atoms with van der Waals surface area (Å²) in [6, 6.07) is 4.70. The number of hydrogen-bond acceptors (Lipinski definition) is 3. The highest BCUT2D eigenvalue weighted by molar-refractivity contribution is 6.31. The maximum absolute atomic E-state index is 9.34. The molecule has 1 rings (SSSR count). The van der Waals surface area contributed by atoms with Crippen LogP contribution in [0.3, 0.4) is 0 Å². The fourth-order valence-electron chi connectivity index (χ4n) is 1.16. The summed E-state index contributed by atoms with van der Waals surface area (Å²) in [5, 5.41) is 9.88. The molecule has 3 N–H and O–H groups in total. The van der Waals surface area contributed by atoms with Crippen LogP contribution in [0.5, 0.6) is 5.75 Å². The molecule has 14 heavy (non-hydrogen) atoms. The van der Waals surface area contributed by atoms with E-state index in [2.05, 4.69) is 0 Å². The van der Waals surface area contributed by atoms with Crippen molar-refractivity contribution in [3.8, 4) is 5.75 Å². The molecule has 0 bridgehead atoms. The first-order valence-electron chi connectivity index (χ1n) is 4.33. The molecule has 2 atom stereocenters. The molecular weight excluding hydrogens is 202 g/mol. The van der Waals surface area contributed by atoms with E-state index in [1.165, 1.54) is 0 Å². The Morgan fingerprint density at radius 2 is 2.14 bits per heavy atom. The largest absolute Gasteiger partial charge is 0.497 e. The second-order valence-corrected chi connectivity index (χ2v) is 3.56. The number of ether oxygens (including phenoxy) is 1. The summed E-state index contributed by atoms with van der Waals surface area (Å²) < 4.78 is 5.04. The Balaban J connectivity index is 3.05. The standard InChI is InChI=1S/C10H14ClNO2/c1-6(13)10(12)8-5-7(14-2)3-4-9(8)11/h3-6,10,13H,12H2,1-2H3/t6-,10+/m0/s1.